The molecule has 2 aliphatic heterocycles. The highest BCUT2D eigenvalue weighted by Gasteiger charge is 2.51. The highest BCUT2D eigenvalue weighted by atomic mass is 16.8. The molecule has 0 aromatic carbocycles. The molecule has 2 saturated carbocycles. The summed E-state index contributed by atoms with van der Waals surface area (Å²) in [4.78, 5) is 50.9. The SMILES string of the molecule is CC[C@H](C)C(=O)C[C@@H]1C[C@@H]1C[C@@H](O)[C@@H](CC)C(=O)OCC1OC(OC2OC(COC(=O)[C@H](CC)[C@H](O)C[C@H]3C[C@H]3CC(=O)[C@@H](C)CC)C(O)C(O)C2O)C(O)C(O)C1O. The standard InChI is InChI=1S/C42H70O17/c1-7-19(5)27(43)13-21-11-23(21)15-29(45)25(9-3)39(53)55-17-31-33(47)35(49)37(51)41(57-31)59-42-38(52)36(50)34(48)32(58-42)18-56-40(54)26(10-4)30(46)16-24-12-22(24)14-28(44)20(6)8-2/h19-26,29-38,41-42,45-52H,7-18H2,1-6H3/t19-,20-,21-,22-,23+,24+,25+,26+,29+,30+,31?,32?,33?,34?,35?,36?,37?,38?,41?,42?/m0/s1. The van der Waals surface area contributed by atoms with Gasteiger partial charge >= 0.3 is 11.9 Å². The molecule has 340 valence electrons. The number of carbonyl (C=O) groups excluding carboxylic acids is 4. The maximum absolute atomic E-state index is 13.1. The van der Waals surface area contributed by atoms with Crippen molar-refractivity contribution in [3.05, 3.63) is 0 Å². The Kier molecular flexibility index (Phi) is 18.7. The van der Waals surface area contributed by atoms with E-state index >= 15 is 0 Å². The molecule has 2 aliphatic carbocycles. The van der Waals surface area contributed by atoms with Gasteiger partial charge in [0.05, 0.1) is 24.0 Å². The molecule has 0 aromatic heterocycles. The number of hydrogen-bond donors (Lipinski definition) is 8. The van der Waals surface area contributed by atoms with Gasteiger partial charge in [-0.15, -0.1) is 0 Å². The lowest BCUT2D eigenvalue weighted by Crippen LogP contribution is -2.64. The molecule has 10 unspecified atom stereocenters. The minimum Gasteiger partial charge on any atom is -0.463 e. The number of esters is 2. The third-order valence-electron chi connectivity index (χ3n) is 13.3. The van der Waals surface area contributed by atoms with Crippen molar-refractivity contribution >= 4 is 23.5 Å². The monoisotopic (exact) mass is 846 g/mol. The highest BCUT2D eigenvalue weighted by Crippen LogP contribution is 2.47. The molecule has 17 heteroatoms. The Hall–Kier alpha value is -2.16. The van der Waals surface area contributed by atoms with Crippen LogP contribution in [0.15, 0.2) is 0 Å². The maximum Gasteiger partial charge on any atom is 0.311 e. The van der Waals surface area contributed by atoms with Crippen molar-refractivity contribution in [2.24, 2.45) is 47.3 Å². The van der Waals surface area contributed by atoms with Crippen molar-refractivity contribution in [1.82, 2.24) is 0 Å². The number of Topliss-reactive ketones (excluding diaryl/α,β-unsaturated/α-hetero) is 2. The number of ether oxygens (including phenoxy) is 5. The number of ketones is 2. The molecule has 0 spiro atoms. The van der Waals surface area contributed by atoms with Gasteiger partial charge in [0.25, 0.3) is 0 Å². The lowest BCUT2D eigenvalue weighted by molar-refractivity contribution is -0.376. The van der Waals surface area contributed by atoms with E-state index in [-0.39, 0.29) is 59.9 Å². The number of rotatable bonds is 24. The molecule has 4 rings (SSSR count). The smallest absolute Gasteiger partial charge is 0.311 e. The average molecular weight is 847 g/mol. The molecule has 59 heavy (non-hydrogen) atoms. The Bertz CT molecular complexity index is 1280. The van der Waals surface area contributed by atoms with Crippen LogP contribution >= 0.6 is 0 Å². The van der Waals surface area contributed by atoms with Gasteiger partial charge in [0.2, 0.25) is 0 Å². The van der Waals surface area contributed by atoms with Crippen LogP contribution in [-0.2, 0) is 42.9 Å². The van der Waals surface area contributed by atoms with E-state index in [9.17, 15) is 60.0 Å². The van der Waals surface area contributed by atoms with Crippen LogP contribution in [0.4, 0.5) is 0 Å². The average Bonchev–Trinajstić information content (AvgIpc) is 4.13. The Labute approximate surface area is 346 Å². The molecular formula is C42H70O17. The summed E-state index contributed by atoms with van der Waals surface area (Å²) < 4.78 is 27.7. The fourth-order valence-electron chi connectivity index (χ4n) is 8.22. The third kappa shape index (κ3) is 12.9. The van der Waals surface area contributed by atoms with E-state index in [0.29, 0.717) is 25.7 Å². The summed E-state index contributed by atoms with van der Waals surface area (Å²) in [5, 5.41) is 85.9. The van der Waals surface area contributed by atoms with Gasteiger partial charge in [-0.2, -0.15) is 0 Å². The quantitative estimate of drug-likeness (QED) is 0.0616. The van der Waals surface area contributed by atoms with Crippen LogP contribution in [0, 0.1) is 47.3 Å². The second kappa shape index (κ2) is 22.3. The normalized spacial score (nSPS) is 37.3. The molecule has 0 bridgehead atoms. The second-order valence-electron chi connectivity index (χ2n) is 17.5. The number of aliphatic hydroxyl groups is 8. The van der Waals surface area contributed by atoms with Crippen LogP contribution in [0.5, 0.6) is 0 Å². The van der Waals surface area contributed by atoms with Gasteiger partial charge in [0, 0.05) is 24.7 Å². The van der Waals surface area contributed by atoms with Crippen LogP contribution in [0.25, 0.3) is 0 Å². The largest absolute Gasteiger partial charge is 0.463 e. The fraction of sp³-hybridized carbons (Fsp3) is 0.905. The van der Waals surface area contributed by atoms with E-state index < -0.39 is 111 Å². The predicted octanol–water partition coefficient (Wildman–Crippen LogP) is 0.542. The first-order chi connectivity index (χ1) is 27.9. The fourth-order valence-corrected chi connectivity index (χ4v) is 8.22. The predicted molar refractivity (Wildman–Crippen MR) is 207 cm³/mol. The van der Waals surface area contributed by atoms with Crippen LogP contribution in [0.1, 0.15) is 106 Å². The molecule has 8 N–H and O–H groups in total. The molecular weight excluding hydrogens is 776 g/mol. The summed E-state index contributed by atoms with van der Waals surface area (Å²) in [7, 11) is 0. The van der Waals surface area contributed by atoms with E-state index in [2.05, 4.69) is 0 Å². The van der Waals surface area contributed by atoms with Crippen molar-refractivity contribution in [3.63, 3.8) is 0 Å². The van der Waals surface area contributed by atoms with Crippen molar-refractivity contribution < 1.29 is 83.7 Å². The van der Waals surface area contributed by atoms with E-state index in [1.807, 2.05) is 27.7 Å². The van der Waals surface area contributed by atoms with E-state index in [0.717, 1.165) is 25.7 Å². The molecule has 4 fully saturated rings. The first-order valence-corrected chi connectivity index (χ1v) is 21.7. The van der Waals surface area contributed by atoms with E-state index in [1.165, 1.54) is 0 Å². The zero-order valence-corrected chi connectivity index (χ0v) is 35.3. The van der Waals surface area contributed by atoms with Gasteiger partial charge < -0.3 is 64.5 Å². The Morgan fingerprint density at radius 2 is 0.898 bits per heavy atom. The lowest BCUT2D eigenvalue weighted by Gasteiger charge is -2.44. The summed E-state index contributed by atoms with van der Waals surface area (Å²) in [5.74, 6) is -2.58. The van der Waals surface area contributed by atoms with Crippen LogP contribution < -0.4 is 0 Å². The van der Waals surface area contributed by atoms with Crippen LogP contribution in [0.2, 0.25) is 0 Å². The number of carbonyl (C=O) groups is 4. The van der Waals surface area contributed by atoms with Gasteiger partial charge in [-0.05, 0) is 75.0 Å². The minimum atomic E-state index is -1.93. The first-order valence-electron chi connectivity index (χ1n) is 21.7. The maximum atomic E-state index is 13.1. The van der Waals surface area contributed by atoms with Crippen molar-refractivity contribution in [2.75, 3.05) is 13.2 Å². The van der Waals surface area contributed by atoms with Gasteiger partial charge in [0.15, 0.2) is 12.6 Å². The summed E-state index contributed by atoms with van der Waals surface area (Å²) in [6.45, 7) is 9.84. The zero-order valence-electron chi connectivity index (χ0n) is 35.3. The molecule has 17 nitrogen and oxygen atoms in total. The lowest BCUT2D eigenvalue weighted by atomic mass is 9.93. The molecule has 4 aliphatic rings. The summed E-state index contributed by atoms with van der Waals surface area (Å²) in [6, 6.07) is 0. The van der Waals surface area contributed by atoms with Crippen LogP contribution in [0.3, 0.4) is 0 Å². The topological polar surface area (TPSA) is 276 Å². The van der Waals surface area contributed by atoms with Crippen molar-refractivity contribution in [2.45, 2.75) is 179 Å². The molecule has 0 aromatic rings. The van der Waals surface area contributed by atoms with Crippen LogP contribution in [-0.4, -0.2) is 151 Å². The molecule has 2 saturated heterocycles. The summed E-state index contributed by atoms with van der Waals surface area (Å²) in [6.07, 6.45) is -14.8. The summed E-state index contributed by atoms with van der Waals surface area (Å²) in [5.41, 5.74) is 0. The van der Waals surface area contributed by atoms with Gasteiger partial charge in [0.1, 0.15) is 73.6 Å². The Morgan fingerprint density at radius 1 is 0.542 bits per heavy atom. The van der Waals surface area contributed by atoms with E-state index in [1.54, 1.807) is 13.8 Å². The Balaban J connectivity index is 1.28. The van der Waals surface area contributed by atoms with Crippen molar-refractivity contribution in [1.29, 1.82) is 0 Å². The molecule has 20 atom stereocenters. The third-order valence-corrected chi connectivity index (χ3v) is 13.3. The van der Waals surface area contributed by atoms with Crippen molar-refractivity contribution in [3.8, 4) is 0 Å². The molecule has 0 amide bonds. The van der Waals surface area contributed by atoms with Gasteiger partial charge in [-0.25, -0.2) is 0 Å². The minimum absolute atomic E-state index is 0.0265. The number of hydrogen-bond acceptors (Lipinski definition) is 17. The summed E-state index contributed by atoms with van der Waals surface area (Å²) >= 11 is 0. The van der Waals surface area contributed by atoms with Gasteiger partial charge in [-0.1, -0.05) is 41.5 Å². The van der Waals surface area contributed by atoms with Gasteiger partial charge in [-0.3, -0.25) is 19.2 Å². The highest BCUT2D eigenvalue weighted by molar-refractivity contribution is 5.81. The second-order valence-corrected chi connectivity index (χ2v) is 17.5. The number of aliphatic hydroxyl groups excluding tert-OH is 8. The first kappa shape index (κ1) is 49.5. The molecule has 2 heterocycles. The zero-order chi connectivity index (χ0) is 43.9. The molecule has 0 radical (unpaired) electrons. The van der Waals surface area contributed by atoms with E-state index in [4.69, 9.17) is 23.7 Å². The Morgan fingerprint density at radius 3 is 1.22 bits per heavy atom.